The van der Waals surface area contributed by atoms with Crippen LogP contribution in [0.25, 0.3) is 11.0 Å². The highest BCUT2D eigenvalue weighted by Crippen LogP contribution is 2.29. The molecule has 3 heterocycles. The zero-order chi connectivity index (χ0) is 18.1. The van der Waals surface area contributed by atoms with Crippen LogP contribution in [0.3, 0.4) is 0 Å². The van der Waals surface area contributed by atoms with Crippen molar-refractivity contribution in [2.24, 2.45) is 0 Å². The van der Waals surface area contributed by atoms with Gasteiger partial charge in [-0.3, -0.25) is 9.55 Å². The number of nitrogens with zero attached hydrogens (tertiary/aromatic N) is 2. The Morgan fingerprint density at radius 3 is 3.12 bits per heavy atom. The van der Waals surface area contributed by atoms with Crippen molar-refractivity contribution in [2.75, 3.05) is 12.3 Å². The van der Waals surface area contributed by atoms with Gasteiger partial charge < -0.3 is 21.1 Å². The second-order valence-corrected chi connectivity index (χ2v) is 6.85. The molecule has 0 amide bonds. The third-order valence-electron chi connectivity index (χ3n) is 5.05. The van der Waals surface area contributed by atoms with Crippen molar-refractivity contribution < 1.29 is 5.11 Å². The van der Waals surface area contributed by atoms with E-state index in [0.717, 1.165) is 41.5 Å². The quantitative estimate of drug-likeness (QED) is 0.518. The largest absolute Gasteiger partial charge is 0.397 e. The Balaban J connectivity index is 1.43. The molecular formula is C19H23N5O2. The number of para-hydroxylation sites is 1. The predicted molar refractivity (Wildman–Crippen MR) is 101 cm³/mol. The van der Waals surface area contributed by atoms with Crippen LogP contribution in [0.15, 0.2) is 41.5 Å². The lowest BCUT2D eigenvalue weighted by Crippen LogP contribution is -2.36. The van der Waals surface area contributed by atoms with E-state index in [-0.39, 0.29) is 11.7 Å². The van der Waals surface area contributed by atoms with Crippen molar-refractivity contribution in [3.05, 3.63) is 58.3 Å². The van der Waals surface area contributed by atoms with Gasteiger partial charge in [0.25, 0.3) is 0 Å². The second-order valence-electron chi connectivity index (χ2n) is 6.85. The summed E-state index contributed by atoms with van der Waals surface area (Å²) in [5, 5.41) is 14.3. The van der Waals surface area contributed by atoms with Crippen LogP contribution < -0.4 is 16.7 Å². The molecular weight excluding hydrogens is 330 g/mol. The summed E-state index contributed by atoms with van der Waals surface area (Å²) in [6.45, 7) is 1.36. The van der Waals surface area contributed by atoms with Crippen LogP contribution in [-0.2, 0) is 13.0 Å². The summed E-state index contributed by atoms with van der Waals surface area (Å²) in [5.41, 5.74) is 9.83. The third kappa shape index (κ3) is 3.11. The Bertz CT molecular complexity index is 977. The van der Waals surface area contributed by atoms with E-state index in [4.69, 9.17) is 5.73 Å². The average molecular weight is 353 g/mol. The molecule has 2 aromatic heterocycles. The molecule has 26 heavy (non-hydrogen) atoms. The van der Waals surface area contributed by atoms with Crippen molar-refractivity contribution in [1.82, 2.24) is 19.9 Å². The van der Waals surface area contributed by atoms with Gasteiger partial charge in [0, 0.05) is 30.5 Å². The third-order valence-corrected chi connectivity index (χ3v) is 5.05. The fourth-order valence-corrected chi connectivity index (χ4v) is 3.78. The van der Waals surface area contributed by atoms with Gasteiger partial charge in [0.15, 0.2) is 0 Å². The summed E-state index contributed by atoms with van der Waals surface area (Å²) >= 11 is 0. The first kappa shape index (κ1) is 16.8. The molecule has 0 bridgehead atoms. The van der Waals surface area contributed by atoms with E-state index < -0.39 is 6.10 Å². The number of pyridine rings is 1. The van der Waals surface area contributed by atoms with Crippen LogP contribution in [-0.4, -0.2) is 32.2 Å². The molecule has 1 aromatic carbocycles. The van der Waals surface area contributed by atoms with Gasteiger partial charge in [-0.15, -0.1) is 0 Å². The molecule has 0 fully saturated rings. The molecule has 0 radical (unpaired) electrons. The zero-order valence-corrected chi connectivity index (χ0v) is 14.5. The molecule has 0 unspecified atom stereocenters. The number of H-pyrrole nitrogens is 1. The summed E-state index contributed by atoms with van der Waals surface area (Å²) in [7, 11) is 0. The number of benzene rings is 1. The lowest BCUT2D eigenvalue weighted by atomic mass is 9.99. The molecule has 136 valence electrons. The first-order valence-electron chi connectivity index (χ1n) is 8.96. The molecule has 7 nitrogen and oxygen atoms in total. The van der Waals surface area contributed by atoms with E-state index in [0.29, 0.717) is 18.7 Å². The first-order valence-corrected chi connectivity index (χ1v) is 8.96. The fraction of sp³-hybridized carbons (Fsp3) is 0.368. The van der Waals surface area contributed by atoms with E-state index in [1.807, 2.05) is 30.5 Å². The number of hydrogen-bond donors (Lipinski definition) is 4. The fourth-order valence-electron chi connectivity index (χ4n) is 3.78. The number of aliphatic hydroxyl groups is 1. The van der Waals surface area contributed by atoms with Crippen molar-refractivity contribution >= 4 is 16.7 Å². The van der Waals surface area contributed by atoms with Crippen LogP contribution >= 0.6 is 0 Å². The molecule has 0 spiro atoms. The van der Waals surface area contributed by atoms with Gasteiger partial charge >= 0.3 is 5.69 Å². The SMILES string of the molecule is Nc1cncc(CCCN[C@@H]2CCn3c(=O)[nH]c4cccc(c43)[C@H]2O)c1. The Morgan fingerprint density at radius 2 is 2.27 bits per heavy atom. The van der Waals surface area contributed by atoms with Crippen molar-refractivity contribution in [3.63, 3.8) is 0 Å². The summed E-state index contributed by atoms with van der Waals surface area (Å²) < 4.78 is 1.73. The Kier molecular flexibility index (Phi) is 4.48. The maximum absolute atomic E-state index is 12.2. The van der Waals surface area contributed by atoms with Crippen LogP contribution in [0, 0.1) is 0 Å². The normalized spacial score (nSPS) is 19.6. The Labute approximate surface area is 150 Å². The van der Waals surface area contributed by atoms with Crippen molar-refractivity contribution in [3.8, 4) is 0 Å². The van der Waals surface area contributed by atoms with E-state index in [9.17, 15) is 9.90 Å². The number of nitrogens with two attached hydrogens (primary N) is 1. The lowest BCUT2D eigenvalue weighted by Gasteiger charge is -2.22. The molecule has 1 aliphatic heterocycles. The minimum absolute atomic E-state index is 0.0844. The maximum atomic E-state index is 12.2. The molecule has 2 atom stereocenters. The highest BCUT2D eigenvalue weighted by Gasteiger charge is 2.27. The molecule has 0 saturated carbocycles. The minimum Gasteiger partial charge on any atom is -0.397 e. The Hall–Kier alpha value is -2.64. The molecule has 4 rings (SSSR count). The van der Waals surface area contributed by atoms with E-state index in [1.165, 1.54) is 0 Å². The van der Waals surface area contributed by atoms with Gasteiger partial charge in [-0.1, -0.05) is 12.1 Å². The summed E-state index contributed by atoms with van der Waals surface area (Å²) in [6, 6.07) is 7.50. The molecule has 7 heteroatoms. The van der Waals surface area contributed by atoms with Gasteiger partial charge in [-0.25, -0.2) is 4.79 Å². The van der Waals surface area contributed by atoms with Gasteiger partial charge in [0.1, 0.15) is 0 Å². The highest BCUT2D eigenvalue weighted by molar-refractivity contribution is 5.79. The second kappa shape index (κ2) is 6.93. The number of nitrogens with one attached hydrogen (secondary N) is 2. The maximum Gasteiger partial charge on any atom is 0.326 e. The number of imidazole rings is 1. The number of aromatic amines is 1. The number of hydrogen-bond acceptors (Lipinski definition) is 5. The van der Waals surface area contributed by atoms with E-state index >= 15 is 0 Å². The molecule has 0 saturated heterocycles. The highest BCUT2D eigenvalue weighted by atomic mass is 16.3. The lowest BCUT2D eigenvalue weighted by molar-refractivity contribution is 0.125. The number of aromatic nitrogens is 3. The molecule has 3 aromatic rings. The smallest absolute Gasteiger partial charge is 0.326 e. The van der Waals surface area contributed by atoms with Crippen molar-refractivity contribution in [1.29, 1.82) is 0 Å². The van der Waals surface area contributed by atoms with Gasteiger partial charge in [0.2, 0.25) is 0 Å². The van der Waals surface area contributed by atoms with Gasteiger partial charge in [0.05, 0.1) is 22.8 Å². The van der Waals surface area contributed by atoms with Crippen LogP contribution in [0.1, 0.15) is 30.1 Å². The van der Waals surface area contributed by atoms with Crippen molar-refractivity contribution in [2.45, 2.75) is 38.0 Å². The number of aryl methyl sites for hydroxylation is 2. The number of aliphatic hydroxyl groups excluding tert-OH is 1. The topological polar surface area (TPSA) is 109 Å². The summed E-state index contributed by atoms with van der Waals surface area (Å²) in [6.07, 6.45) is 5.33. The Morgan fingerprint density at radius 1 is 1.38 bits per heavy atom. The molecule has 0 aliphatic carbocycles. The predicted octanol–water partition coefficient (Wildman–Crippen LogP) is 1.33. The number of rotatable bonds is 5. The summed E-state index contributed by atoms with van der Waals surface area (Å²) in [5.74, 6) is 0. The minimum atomic E-state index is -0.642. The van der Waals surface area contributed by atoms with Crippen LogP contribution in [0.4, 0.5) is 5.69 Å². The zero-order valence-electron chi connectivity index (χ0n) is 14.5. The average Bonchev–Trinajstić information content (AvgIpc) is 2.87. The first-order chi connectivity index (χ1) is 12.6. The van der Waals surface area contributed by atoms with Gasteiger partial charge in [-0.05, 0) is 43.5 Å². The number of anilines is 1. The summed E-state index contributed by atoms with van der Waals surface area (Å²) in [4.78, 5) is 19.1. The van der Waals surface area contributed by atoms with Crippen LogP contribution in [0.5, 0.6) is 0 Å². The van der Waals surface area contributed by atoms with Gasteiger partial charge in [-0.2, -0.15) is 0 Å². The van der Waals surface area contributed by atoms with E-state index in [1.54, 1.807) is 10.8 Å². The van der Waals surface area contributed by atoms with E-state index in [2.05, 4.69) is 15.3 Å². The molecule has 1 aliphatic rings. The number of nitrogen functional groups attached to an aromatic ring is 1. The van der Waals surface area contributed by atoms with Crippen LogP contribution in [0.2, 0.25) is 0 Å². The monoisotopic (exact) mass is 353 g/mol. The standard InChI is InChI=1S/C19H23N5O2/c20-13-9-12(10-21-11-13)3-2-7-22-16-6-8-24-17-14(18(16)25)4-1-5-15(17)23-19(24)26/h1,4-5,9-11,16,18,22,25H,2-3,6-8,20H2,(H,23,26)/t16-,18-/m1/s1. The molecule has 5 N–H and O–H groups in total.